The third kappa shape index (κ3) is 2.14. The molecule has 1 aromatic heterocycles. The molecule has 1 heterocycles. The van der Waals surface area contributed by atoms with E-state index in [0.717, 1.165) is 17.5 Å². The molecule has 0 spiro atoms. The summed E-state index contributed by atoms with van der Waals surface area (Å²) in [6.45, 7) is 4.13. The van der Waals surface area contributed by atoms with Crippen molar-refractivity contribution in [3.05, 3.63) is 36.0 Å². The molecule has 0 fully saturated rings. The van der Waals surface area contributed by atoms with Crippen molar-refractivity contribution in [2.24, 2.45) is 0 Å². The number of aromatic nitrogens is 2. The van der Waals surface area contributed by atoms with Crippen molar-refractivity contribution < 1.29 is 9.53 Å². The molecule has 0 aliphatic heterocycles. The van der Waals surface area contributed by atoms with Crippen LogP contribution in [0.4, 0.5) is 0 Å². The van der Waals surface area contributed by atoms with E-state index in [0.29, 0.717) is 17.4 Å². The molecule has 0 unspecified atom stereocenters. The second-order valence-electron chi connectivity index (χ2n) is 4.32. The number of aldehydes is 1. The molecule has 0 bridgehead atoms. The summed E-state index contributed by atoms with van der Waals surface area (Å²) in [5.74, 6) is 0.571. The normalized spacial score (nSPS) is 10.7. The van der Waals surface area contributed by atoms with Gasteiger partial charge in [0.2, 0.25) is 0 Å². The van der Waals surface area contributed by atoms with Gasteiger partial charge in [-0.15, -0.1) is 0 Å². The van der Waals surface area contributed by atoms with Crippen LogP contribution in [0.1, 0.15) is 30.2 Å². The summed E-state index contributed by atoms with van der Waals surface area (Å²) in [7, 11) is 1.56. The van der Waals surface area contributed by atoms with Crippen LogP contribution in [0, 0.1) is 0 Å². The highest BCUT2D eigenvalue weighted by Gasteiger charge is 2.13. The van der Waals surface area contributed by atoms with Gasteiger partial charge in [0.15, 0.2) is 6.29 Å². The van der Waals surface area contributed by atoms with Crippen LogP contribution in [0.3, 0.4) is 0 Å². The largest absolute Gasteiger partial charge is 0.495 e. The lowest BCUT2D eigenvalue weighted by Crippen LogP contribution is -2.01. The summed E-state index contributed by atoms with van der Waals surface area (Å²) >= 11 is 0. The number of carbonyl (C=O) groups excluding carboxylic acids is 1. The molecule has 1 aromatic carbocycles. The molecule has 0 radical (unpaired) electrons. The number of para-hydroxylation sites is 1. The minimum absolute atomic E-state index is 0.305. The van der Waals surface area contributed by atoms with Gasteiger partial charge in [0, 0.05) is 17.8 Å². The number of hydrogen-bond acceptors (Lipinski definition) is 3. The van der Waals surface area contributed by atoms with Gasteiger partial charge >= 0.3 is 0 Å². The number of rotatable bonds is 4. The molecule has 0 aliphatic carbocycles. The van der Waals surface area contributed by atoms with Crippen molar-refractivity contribution in [2.45, 2.75) is 19.9 Å². The monoisotopic (exact) mass is 244 g/mol. The Balaban J connectivity index is 2.52. The van der Waals surface area contributed by atoms with E-state index in [4.69, 9.17) is 4.74 Å². The Labute approximate surface area is 106 Å². The van der Waals surface area contributed by atoms with Gasteiger partial charge in [0.25, 0.3) is 0 Å². The lowest BCUT2D eigenvalue weighted by Gasteiger charge is -2.09. The maximum atomic E-state index is 11.0. The van der Waals surface area contributed by atoms with E-state index in [1.807, 2.05) is 29.1 Å². The minimum Gasteiger partial charge on any atom is -0.495 e. The van der Waals surface area contributed by atoms with E-state index in [9.17, 15) is 4.79 Å². The summed E-state index contributed by atoms with van der Waals surface area (Å²) in [4.78, 5) is 11.0. The summed E-state index contributed by atoms with van der Waals surface area (Å²) in [5, 5.41) is 4.48. The lowest BCUT2D eigenvalue weighted by atomic mass is 10.1. The highest BCUT2D eigenvalue weighted by atomic mass is 16.5. The fourth-order valence-electron chi connectivity index (χ4n) is 1.85. The topological polar surface area (TPSA) is 44.1 Å². The van der Waals surface area contributed by atoms with Crippen molar-refractivity contribution in [2.75, 3.05) is 7.11 Å². The van der Waals surface area contributed by atoms with Gasteiger partial charge in [-0.2, -0.15) is 5.10 Å². The molecule has 0 amide bonds. The maximum Gasteiger partial charge on any atom is 0.153 e. The molecule has 2 rings (SSSR count). The molecule has 2 aromatic rings. The molecule has 0 aliphatic rings. The zero-order valence-corrected chi connectivity index (χ0v) is 10.8. The Morgan fingerprint density at radius 3 is 2.67 bits per heavy atom. The third-order valence-corrected chi connectivity index (χ3v) is 2.79. The van der Waals surface area contributed by atoms with Crippen LogP contribution >= 0.6 is 0 Å². The number of hydrogen-bond donors (Lipinski definition) is 0. The first-order valence-electron chi connectivity index (χ1n) is 5.85. The van der Waals surface area contributed by atoms with Crippen molar-refractivity contribution in [3.63, 3.8) is 0 Å². The zero-order valence-electron chi connectivity index (χ0n) is 10.8. The minimum atomic E-state index is 0.305. The second kappa shape index (κ2) is 5.04. The van der Waals surface area contributed by atoms with E-state index < -0.39 is 0 Å². The SMILES string of the molecule is COc1c(C=O)cccc1-c1ccn(C(C)C)n1. The van der Waals surface area contributed by atoms with E-state index >= 15 is 0 Å². The lowest BCUT2D eigenvalue weighted by molar-refractivity contribution is 0.112. The molecular weight excluding hydrogens is 228 g/mol. The van der Waals surface area contributed by atoms with Gasteiger partial charge in [-0.1, -0.05) is 6.07 Å². The second-order valence-corrected chi connectivity index (χ2v) is 4.32. The number of ether oxygens (including phenoxy) is 1. The fourth-order valence-corrected chi connectivity index (χ4v) is 1.85. The van der Waals surface area contributed by atoms with Crippen molar-refractivity contribution in [1.29, 1.82) is 0 Å². The molecule has 0 saturated heterocycles. The summed E-state index contributed by atoms with van der Waals surface area (Å²) < 4.78 is 7.19. The van der Waals surface area contributed by atoms with Crippen molar-refractivity contribution >= 4 is 6.29 Å². The average molecular weight is 244 g/mol. The molecule has 0 atom stereocenters. The van der Waals surface area contributed by atoms with Crippen molar-refractivity contribution in [1.82, 2.24) is 9.78 Å². The molecule has 0 saturated carbocycles. The number of benzene rings is 1. The molecule has 94 valence electrons. The van der Waals surface area contributed by atoms with Crippen LogP contribution in [0.5, 0.6) is 5.75 Å². The molecule has 0 N–H and O–H groups in total. The Kier molecular flexibility index (Phi) is 3.46. The van der Waals surface area contributed by atoms with Gasteiger partial charge in [0.05, 0.1) is 18.4 Å². The highest BCUT2D eigenvalue weighted by molar-refractivity contribution is 5.85. The van der Waals surface area contributed by atoms with Crippen LogP contribution in [0.25, 0.3) is 11.3 Å². The molecule has 4 nitrogen and oxygen atoms in total. The van der Waals surface area contributed by atoms with Crippen LogP contribution in [0.15, 0.2) is 30.5 Å². The van der Waals surface area contributed by atoms with Crippen LogP contribution < -0.4 is 4.74 Å². The number of nitrogens with zero attached hydrogens (tertiary/aromatic N) is 2. The predicted octanol–water partition coefficient (Wildman–Crippen LogP) is 2.95. The standard InChI is InChI=1S/C14H16N2O2/c1-10(2)16-8-7-13(15-16)12-6-4-5-11(9-17)14(12)18-3/h4-10H,1-3H3. The smallest absolute Gasteiger partial charge is 0.153 e. The zero-order chi connectivity index (χ0) is 13.1. The molecule has 18 heavy (non-hydrogen) atoms. The summed E-state index contributed by atoms with van der Waals surface area (Å²) in [6.07, 6.45) is 2.72. The fraction of sp³-hybridized carbons (Fsp3) is 0.286. The summed E-state index contributed by atoms with van der Waals surface area (Å²) in [5.41, 5.74) is 2.18. The molecular formula is C14H16N2O2. The Bertz CT molecular complexity index is 559. The van der Waals surface area contributed by atoms with Crippen LogP contribution in [-0.4, -0.2) is 23.2 Å². The van der Waals surface area contributed by atoms with E-state index in [2.05, 4.69) is 18.9 Å². The van der Waals surface area contributed by atoms with E-state index in [-0.39, 0.29) is 0 Å². The molecule has 4 heteroatoms. The maximum absolute atomic E-state index is 11.0. The van der Waals surface area contributed by atoms with E-state index in [1.165, 1.54) is 0 Å². The van der Waals surface area contributed by atoms with Gasteiger partial charge in [-0.05, 0) is 32.0 Å². The first kappa shape index (κ1) is 12.4. The number of methoxy groups -OCH3 is 1. The van der Waals surface area contributed by atoms with Crippen molar-refractivity contribution in [3.8, 4) is 17.0 Å². The Morgan fingerprint density at radius 2 is 2.11 bits per heavy atom. The van der Waals surface area contributed by atoms with E-state index in [1.54, 1.807) is 13.2 Å². The van der Waals surface area contributed by atoms with Crippen LogP contribution in [0.2, 0.25) is 0 Å². The van der Waals surface area contributed by atoms with Gasteiger partial charge < -0.3 is 4.74 Å². The number of carbonyl (C=O) groups is 1. The Morgan fingerprint density at radius 1 is 1.33 bits per heavy atom. The van der Waals surface area contributed by atoms with Gasteiger partial charge in [-0.25, -0.2) is 0 Å². The van der Waals surface area contributed by atoms with Crippen LogP contribution in [-0.2, 0) is 0 Å². The van der Waals surface area contributed by atoms with Gasteiger partial charge in [0.1, 0.15) is 5.75 Å². The average Bonchev–Trinajstić information content (AvgIpc) is 2.87. The van der Waals surface area contributed by atoms with Gasteiger partial charge in [-0.3, -0.25) is 9.48 Å². The quantitative estimate of drug-likeness (QED) is 0.777. The highest BCUT2D eigenvalue weighted by Crippen LogP contribution is 2.31. The first-order chi connectivity index (χ1) is 8.67. The first-order valence-corrected chi connectivity index (χ1v) is 5.85. The summed E-state index contributed by atoms with van der Waals surface area (Å²) in [6, 6.07) is 7.69. The Hall–Kier alpha value is -2.10. The predicted molar refractivity (Wildman–Crippen MR) is 70.0 cm³/mol. The third-order valence-electron chi connectivity index (χ3n) is 2.79.